The third kappa shape index (κ3) is 2.83. The highest BCUT2D eigenvalue weighted by atomic mass is 16.3. The van der Waals surface area contributed by atoms with Crippen LogP contribution < -0.4 is 5.73 Å². The fraction of sp³-hybridized carbons (Fsp3) is 0.545. The molecule has 1 amide bonds. The molecule has 0 fully saturated rings. The van der Waals surface area contributed by atoms with Crippen molar-refractivity contribution in [2.45, 2.75) is 20.3 Å². The van der Waals surface area contributed by atoms with Gasteiger partial charge in [0.15, 0.2) is 5.76 Å². The first-order chi connectivity index (χ1) is 7.20. The summed E-state index contributed by atoms with van der Waals surface area (Å²) in [6.45, 7) is 5.67. The van der Waals surface area contributed by atoms with E-state index in [1.54, 1.807) is 11.0 Å². The average Bonchev–Trinajstić information content (AvgIpc) is 2.63. The molecule has 0 saturated carbocycles. The summed E-state index contributed by atoms with van der Waals surface area (Å²) in [7, 11) is 0. The number of aryl methyl sites for hydroxylation is 1. The summed E-state index contributed by atoms with van der Waals surface area (Å²) in [6, 6.07) is 1.79. The Kier molecular flexibility index (Phi) is 4.37. The van der Waals surface area contributed by atoms with Crippen LogP contribution >= 0.6 is 0 Å². The lowest BCUT2D eigenvalue weighted by Gasteiger charge is -2.20. The smallest absolute Gasteiger partial charge is 0.289 e. The number of hydrogen-bond acceptors (Lipinski definition) is 3. The molecular formula is C11H18N2O2. The van der Waals surface area contributed by atoms with Crippen molar-refractivity contribution in [2.75, 3.05) is 19.6 Å². The summed E-state index contributed by atoms with van der Waals surface area (Å²) >= 11 is 0. The molecule has 84 valence electrons. The van der Waals surface area contributed by atoms with Crippen LogP contribution in [0.4, 0.5) is 0 Å². The highest BCUT2D eigenvalue weighted by molar-refractivity contribution is 5.92. The lowest BCUT2D eigenvalue weighted by atomic mass is 10.2. The topological polar surface area (TPSA) is 59.5 Å². The SMILES string of the molecule is CCCN(CCN)C(=O)c1occc1C. The lowest BCUT2D eigenvalue weighted by molar-refractivity contribution is 0.0727. The van der Waals surface area contributed by atoms with Gasteiger partial charge in [0.05, 0.1) is 6.26 Å². The Balaban J connectivity index is 2.76. The molecule has 0 unspecified atom stereocenters. The molecule has 0 bridgehead atoms. The molecule has 2 N–H and O–H groups in total. The van der Waals surface area contributed by atoms with E-state index in [1.807, 2.05) is 13.8 Å². The summed E-state index contributed by atoms with van der Waals surface area (Å²) in [4.78, 5) is 13.7. The summed E-state index contributed by atoms with van der Waals surface area (Å²) in [6.07, 6.45) is 2.46. The zero-order valence-corrected chi connectivity index (χ0v) is 9.32. The Hall–Kier alpha value is -1.29. The van der Waals surface area contributed by atoms with Crippen LogP contribution in [-0.2, 0) is 0 Å². The first kappa shape index (κ1) is 11.8. The third-order valence-electron chi connectivity index (χ3n) is 2.24. The van der Waals surface area contributed by atoms with Crippen LogP contribution in [0.2, 0.25) is 0 Å². The molecule has 0 saturated heterocycles. The number of carbonyl (C=O) groups is 1. The van der Waals surface area contributed by atoms with Crippen molar-refractivity contribution in [2.24, 2.45) is 5.73 Å². The number of hydrogen-bond donors (Lipinski definition) is 1. The van der Waals surface area contributed by atoms with E-state index < -0.39 is 0 Å². The molecule has 15 heavy (non-hydrogen) atoms. The van der Waals surface area contributed by atoms with Gasteiger partial charge >= 0.3 is 0 Å². The minimum Gasteiger partial charge on any atom is -0.459 e. The predicted molar refractivity (Wildman–Crippen MR) is 58.7 cm³/mol. The van der Waals surface area contributed by atoms with Crippen LogP contribution in [0.3, 0.4) is 0 Å². The van der Waals surface area contributed by atoms with Gasteiger partial charge in [-0.05, 0) is 19.4 Å². The average molecular weight is 210 g/mol. The van der Waals surface area contributed by atoms with Gasteiger partial charge in [0, 0.05) is 25.2 Å². The molecular weight excluding hydrogens is 192 g/mol. The molecule has 1 rings (SSSR count). The lowest BCUT2D eigenvalue weighted by Crippen LogP contribution is -2.36. The van der Waals surface area contributed by atoms with E-state index in [0.29, 0.717) is 18.8 Å². The van der Waals surface area contributed by atoms with Gasteiger partial charge in [0.25, 0.3) is 5.91 Å². The Morgan fingerprint density at radius 3 is 2.73 bits per heavy atom. The summed E-state index contributed by atoms with van der Waals surface area (Å²) in [5.74, 6) is 0.363. The van der Waals surface area contributed by atoms with Gasteiger partial charge in [-0.3, -0.25) is 4.79 Å². The van der Waals surface area contributed by atoms with Gasteiger partial charge in [-0.2, -0.15) is 0 Å². The first-order valence-corrected chi connectivity index (χ1v) is 5.24. The third-order valence-corrected chi connectivity index (χ3v) is 2.24. The number of rotatable bonds is 5. The zero-order chi connectivity index (χ0) is 11.3. The Labute approximate surface area is 90.0 Å². The number of carbonyl (C=O) groups excluding carboxylic acids is 1. The van der Waals surface area contributed by atoms with Gasteiger partial charge < -0.3 is 15.1 Å². The maximum absolute atomic E-state index is 12.0. The predicted octanol–water partition coefficient (Wildman–Crippen LogP) is 1.40. The number of nitrogens with zero attached hydrogens (tertiary/aromatic N) is 1. The number of nitrogens with two attached hydrogens (primary N) is 1. The van der Waals surface area contributed by atoms with Crippen molar-refractivity contribution in [3.63, 3.8) is 0 Å². The maximum atomic E-state index is 12.0. The van der Waals surface area contributed by atoms with Gasteiger partial charge in [-0.15, -0.1) is 0 Å². The van der Waals surface area contributed by atoms with Crippen LogP contribution in [0.15, 0.2) is 16.7 Å². The Morgan fingerprint density at radius 2 is 2.27 bits per heavy atom. The minimum absolute atomic E-state index is 0.0650. The molecule has 0 aliphatic carbocycles. The molecule has 0 aromatic carbocycles. The molecule has 1 heterocycles. The molecule has 0 aliphatic rings. The monoisotopic (exact) mass is 210 g/mol. The van der Waals surface area contributed by atoms with Gasteiger partial charge in [-0.25, -0.2) is 0 Å². The largest absolute Gasteiger partial charge is 0.459 e. The van der Waals surface area contributed by atoms with Crippen molar-refractivity contribution in [1.82, 2.24) is 4.90 Å². The zero-order valence-electron chi connectivity index (χ0n) is 9.32. The van der Waals surface area contributed by atoms with Crippen molar-refractivity contribution in [3.05, 3.63) is 23.7 Å². The van der Waals surface area contributed by atoms with Crippen molar-refractivity contribution in [1.29, 1.82) is 0 Å². The Bertz CT molecular complexity index is 314. The van der Waals surface area contributed by atoms with E-state index in [1.165, 1.54) is 6.26 Å². The van der Waals surface area contributed by atoms with Crippen molar-refractivity contribution >= 4 is 5.91 Å². The number of amides is 1. The van der Waals surface area contributed by atoms with E-state index in [4.69, 9.17) is 10.2 Å². The van der Waals surface area contributed by atoms with Crippen LogP contribution in [0.1, 0.15) is 29.5 Å². The maximum Gasteiger partial charge on any atom is 0.289 e. The minimum atomic E-state index is -0.0650. The molecule has 0 radical (unpaired) electrons. The number of furan rings is 1. The molecule has 1 aromatic rings. The van der Waals surface area contributed by atoms with Gasteiger partial charge in [0.1, 0.15) is 0 Å². The Morgan fingerprint density at radius 1 is 1.53 bits per heavy atom. The molecule has 0 spiro atoms. The fourth-order valence-corrected chi connectivity index (χ4v) is 1.48. The van der Waals surface area contributed by atoms with Gasteiger partial charge in [-0.1, -0.05) is 6.92 Å². The highest BCUT2D eigenvalue weighted by Gasteiger charge is 2.18. The van der Waals surface area contributed by atoms with Crippen LogP contribution in [-0.4, -0.2) is 30.4 Å². The van der Waals surface area contributed by atoms with E-state index in [-0.39, 0.29) is 5.91 Å². The summed E-state index contributed by atoms with van der Waals surface area (Å²) in [5.41, 5.74) is 6.34. The summed E-state index contributed by atoms with van der Waals surface area (Å²) < 4.78 is 5.17. The fourth-order valence-electron chi connectivity index (χ4n) is 1.48. The van der Waals surface area contributed by atoms with E-state index in [0.717, 1.165) is 18.5 Å². The molecule has 1 aromatic heterocycles. The molecule has 4 nitrogen and oxygen atoms in total. The standard InChI is InChI=1S/C11H18N2O2/c1-3-6-13(7-5-12)11(14)10-9(2)4-8-15-10/h4,8H,3,5-7,12H2,1-2H3. The van der Waals surface area contributed by atoms with Crippen molar-refractivity contribution in [3.8, 4) is 0 Å². The second-order valence-corrected chi connectivity index (χ2v) is 3.51. The van der Waals surface area contributed by atoms with Crippen LogP contribution in [0, 0.1) is 6.92 Å². The molecule has 0 aliphatic heterocycles. The normalized spacial score (nSPS) is 10.3. The highest BCUT2D eigenvalue weighted by Crippen LogP contribution is 2.12. The van der Waals surface area contributed by atoms with E-state index >= 15 is 0 Å². The van der Waals surface area contributed by atoms with Gasteiger partial charge in [0.2, 0.25) is 0 Å². The summed E-state index contributed by atoms with van der Waals surface area (Å²) in [5, 5.41) is 0. The van der Waals surface area contributed by atoms with E-state index in [9.17, 15) is 4.79 Å². The van der Waals surface area contributed by atoms with Crippen molar-refractivity contribution < 1.29 is 9.21 Å². The van der Waals surface area contributed by atoms with Crippen LogP contribution in [0.5, 0.6) is 0 Å². The second kappa shape index (κ2) is 5.56. The van der Waals surface area contributed by atoms with Crippen LogP contribution in [0.25, 0.3) is 0 Å². The second-order valence-electron chi connectivity index (χ2n) is 3.51. The quantitative estimate of drug-likeness (QED) is 0.799. The first-order valence-electron chi connectivity index (χ1n) is 5.24. The van der Waals surface area contributed by atoms with E-state index in [2.05, 4.69) is 0 Å². The molecule has 4 heteroatoms. The molecule has 0 atom stereocenters.